The lowest BCUT2D eigenvalue weighted by molar-refractivity contribution is -0.338. The molecule has 0 aromatic carbocycles. The maximum atomic E-state index is 13.5. The molecule has 0 spiro atoms. The van der Waals surface area contributed by atoms with Crippen LogP contribution in [0.15, 0.2) is 15.3 Å². The fourth-order valence-corrected chi connectivity index (χ4v) is 8.50. The number of aliphatic hydroxyl groups is 8. The Bertz CT molecular complexity index is 1400. The van der Waals surface area contributed by atoms with E-state index in [1.54, 1.807) is 6.92 Å². The van der Waals surface area contributed by atoms with Crippen molar-refractivity contribution in [2.75, 3.05) is 13.2 Å². The molecule has 3 saturated heterocycles. The maximum absolute atomic E-state index is 13.5. The lowest BCUT2D eigenvalue weighted by Gasteiger charge is -2.55. The number of carbonyl (C=O) groups is 1. The van der Waals surface area contributed by atoms with E-state index in [-0.39, 0.29) is 24.5 Å². The lowest BCUT2D eigenvalue weighted by Crippen LogP contribution is -2.63. The molecule has 1 saturated carbocycles. The third kappa shape index (κ3) is 5.46. The van der Waals surface area contributed by atoms with Gasteiger partial charge in [-0.2, -0.15) is 0 Å². The number of hydrogen-bond donors (Lipinski definition) is 8. The number of carbonyl (C=O) groups excluding carboxylic acids is 1. The number of rotatable bonds is 7. The number of fused-ring (bicyclic) bond motifs is 2. The zero-order valence-electron chi connectivity index (χ0n) is 26.4. The fourth-order valence-electron chi connectivity index (χ4n) is 8.50. The molecule has 16 heteroatoms. The minimum absolute atomic E-state index is 0.0837. The smallest absolute Gasteiger partial charge is 0.336 e. The Labute approximate surface area is 269 Å². The highest BCUT2D eigenvalue weighted by Gasteiger charge is 2.69. The van der Waals surface area contributed by atoms with Crippen LogP contribution in [0.2, 0.25) is 0 Å². The number of hydrogen-bond acceptors (Lipinski definition) is 16. The van der Waals surface area contributed by atoms with Crippen LogP contribution in [0.4, 0.5) is 0 Å². The summed E-state index contributed by atoms with van der Waals surface area (Å²) in [5, 5.41) is 83.6. The molecule has 4 fully saturated rings. The fraction of sp³-hybridized carbons (Fsp3) is 0.806. The zero-order valence-corrected chi connectivity index (χ0v) is 26.4. The molecule has 4 heterocycles. The average molecular weight is 673 g/mol. The van der Waals surface area contributed by atoms with Crippen LogP contribution in [-0.2, 0) is 33.9 Å². The van der Waals surface area contributed by atoms with Gasteiger partial charge in [0.25, 0.3) is 0 Å². The van der Waals surface area contributed by atoms with Gasteiger partial charge in [-0.3, -0.25) is 4.79 Å². The first kappa shape index (κ1) is 34.8. The highest BCUT2D eigenvalue weighted by atomic mass is 16.7. The molecular formula is C31H44O16. The summed E-state index contributed by atoms with van der Waals surface area (Å²) in [4.78, 5) is 26.2. The normalized spacial score (nSPS) is 47.8. The van der Waals surface area contributed by atoms with Crippen molar-refractivity contribution in [2.24, 2.45) is 11.3 Å². The summed E-state index contributed by atoms with van der Waals surface area (Å²) < 4.78 is 34.3. The second kappa shape index (κ2) is 12.4. The first-order valence-corrected chi connectivity index (χ1v) is 15.9. The highest BCUT2D eigenvalue weighted by molar-refractivity contribution is 5.81. The van der Waals surface area contributed by atoms with Crippen LogP contribution < -0.4 is 5.63 Å². The number of esters is 1. The van der Waals surface area contributed by atoms with E-state index in [1.807, 2.05) is 20.8 Å². The van der Waals surface area contributed by atoms with Crippen LogP contribution in [0.3, 0.4) is 0 Å². The van der Waals surface area contributed by atoms with E-state index in [2.05, 4.69) is 0 Å². The molecule has 0 amide bonds. The van der Waals surface area contributed by atoms with Gasteiger partial charge in [-0.1, -0.05) is 20.8 Å². The summed E-state index contributed by atoms with van der Waals surface area (Å²) in [6.07, 6.45) is -18.6. The van der Waals surface area contributed by atoms with Gasteiger partial charge in [0.2, 0.25) is 0 Å². The molecule has 3 aliphatic heterocycles. The van der Waals surface area contributed by atoms with Crippen molar-refractivity contribution in [3.05, 3.63) is 33.4 Å². The first-order valence-electron chi connectivity index (χ1n) is 15.9. The summed E-state index contributed by atoms with van der Waals surface area (Å²) in [7, 11) is 0. The third-order valence-corrected chi connectivity index (χ3v) is 10.8. The molecule has 6 rings (SSSR count). The largest absolute Gasteiger partial charge is 0.458 e. The van der Waals surface area contributed by atoms with E-state index >= 15 is 0 Å². The molecule has 0 bridgehead atoms. The van der Waals surface area contributed by atoms with Gasteiger partial charge in [0, 0.05) is 28.9 Å². The summed E-state index contributed by atoms with van der Waals surface area (Å²) >= 11 is 0. The molecule has 1 aromatic heterocycles. The summed E-state index contributed by atoms with van der Waals surface area (Å²) in [5.74, 6) is -1.09. The molecule has 8 N–H and O–H groups in total. The highest BCUT2D eigenvalue weighted by Crippen LogP contribution is 2.64. The molecule has 0 unspecified atom stereocenters. The molecule has 1 aromatic rings. The number of ether oxygens (including phenoxy) is 5. The van der Waals surface area contributed by atoms with E-state index in [1.165, 1.54) is 6.07 Å². The molecular weight excluding hydrogens is 628 g/mol. The second-order valence-electron chi connectivity index (χ2n) is 14.3. The van der Waals surface area contributed by atoms with Crippen molar-refractivity contribution in [1.29, 1.82) is 0 Å². The minimum atomic E-state index is -1.77. The van der Waals surface area contributed by atoms with Crippen LogP contribution >= 0.6 is 0 Å². The first-order chi connectivity index (χ1) is 22.0. The quantitative estimate of drug-likeness (QED) is 0.138. The van der Waals surface area contributed by atoms with E-state index in [0.717, 1.165) is 0 Å². The molecule has 0 radical (unpaired) electrons. The van der Waals surface area contributed by atoms with Gasteiger partial charge in [0.05, 0.1) is 24.7 Å². The van der Waals surface area contributed by atoms with E-state index in [4.69, 9.17) is 28.1 Å². The Hall–Kier alpha value is -2.06. The van der Waals surface area contributed by atoms with Gasteiger partial charge in [-0.25, -0.2) is 4.79 Å². The van der Waals surface area contributed by atoms with Gasteiger partial charge >= 0.3 is 11.6 Å². The standard InChI is InChI=1S/C31H44O16/c1-10(2)24-16-12(5-15(33)46-24)30(3)6-11(7-31(4)26(30)25(19(16)36)47-29(31)41)43-28-23(40)21(38)18(35)14(45-28)9-42-27-22(39)20(37)17(34)13(8-32)44-27/h5,10-11,13-14,17-23,25-28,32,34-40H,6-9H2,1-4H3/t11-,13-,14-,17-,18-,19-,20+,21+,22-,23-,25-,26-,27-,28-,30-,31+/m1/s1. The van der Waals surface area contributed by atoms with Crippen molar-refractivity contribution in [3.63, 3.8) is 0 Å². The van der Waals surface area contributed by atoms with Crippen LogP contribution in [0.25, 0.3) is 0 Å². The molecule has 16 atom stereocenters. The Morgan fingerprint density at radius 2 is 1.45 bits per heavy atom. The van der Waals surface area contributed by atoms with Gasteiger partial charge in [0.15, 0.2) is 12.6 Å². The molecule has 2 aliphatic carbocycles. The summed E-state index contributed by atoms with van der Waals surface area (Å²) in [5.41, 5.74) is -1.85. The average Bonchev–Trinajstić information content (AvgIpc) is 3.29. The molecule has 264 valence electrons. The summed E-state index contributed by atoms with van der Waals surface area (Å²) in [6, 6.07) is 1.32. The maximum Gasteiger partial charge on any atom is 0.336 e. The van der Waals surface area contributed by atoms with Gasteiger partial charge in [-0.05, 0) is 25.3 Å². The van der Waals surface area contributed by atoms with Crippen molar-refractivity contribution >= 4 is 5.97 Å². The van der Waals surface area contributed by atoms with Gasteiger partial charge < -0.3 is 69.0 Å². The van der Waals surface area contributed by atoms with Crippen LogP contribution in [0, 0.1) is 11.3 Å². The Morgan fingerprint density at radius 3 is 2.09 bits per heavy atom. The van der Waals surface area contributed by atoms with Crippen molar-refractivity contribution in [1.82, 2.24) is 0 Å². The Balaban J connectivity index is 1.25. The lowest BCUT2D eigenvalue weighted by atomic mass is 9.49. The van der Waals surface area contributed by atoms with Crippen molar-refractivity contribution < 1.29 is 73.7 Å². The van der Waals surface area contributed by atoms with Crippen LogP contribution in [0.1, 0.15) is 69.4 Å². The minimum Gasteiger partial charge on any atom is -0.458 e. The predicted octanol–water partition coefficient (Wildman–Crippen LogP) is -2.58. The second-order valence-corrected chi connectivity index (χ2v) is 14.3. The van der Waals surface area contributed by atoms with Crippen LogP contribution in [-0.4, -0.2) is 134 Å². The molecule has 47 heavy (non-hydrogen) atoms. The summed E-state index contributed by atoms with van der Waals surface area (Å²) in [6.45, 7) is 5.97. The third-order valence-electron chi connectivity index (χ3n) is 10.8. The Morgan fingerprint density at radius 1 is 0.851 bits per heavy atom. The van der Waals surface area contributed by atoms with Gasteiger partial charge in [-0.15, -0.1) is 0 Å². The zero-order chi connectivity index (χ0) is 34.3. The monoisotopic (exact) mass is 672 g/mol. The molecule has 5 aliphatic rings. The Kier molecular flexibility index (Phi) is 9.15. The van der Waals surface area contributed by atoms with Crippen molar-refractivity contribution in [2.45, 2.75) is 132 Å². The van der Waals surface area contributed by atoms with Crippen molar-refractivity contribution in [3.8, 4) is 0 Å². The van der Waals surface area contributed by atoms with E-state index in [9.17, 15) is 50.4 Å². The number of aliphatic hydroxyl groups excluding tert-OH is 8. The SMILES string of the molecule is CC(C)c1oc(=O)cc2c1[C@@H](O)[C@H]1OC(=O)[C@@]3(C)C[C@H](O[C@@H]4O[C@H](CO[C@@H]5O[C@H](CO)[C@@H](O)[C@H](O)[C@H]5O)[C@@H](O)[C@H](O)[C@H]4O)C[C@@]2(C)[C@@H]13. The van der Waals surface area contributed by atoms with E-state index < -0.39 is 121 Å². The topological polar surface area (TPSA) is 255 Å². The predicted molar refractivity (Wildman–Crippen MR) is 153 cm³/mol. The van der Waals surface area contributed by atoms with Crippen LogP contribution in [0.5, 0.6) is 0 Å². The van der Waals surface area contributed by atoms with Gasteiger partial charge in [0.1, 0.15) is 66.8 Å². The van der Waals surface area contributed by atoms with E-state index in [0.29, 0.717) is 11.1 Å². The molecule has 16 nitrogen and oxygen atoms in total.